The predicted octanol–water partition coefficient (Wildman–Crippen LogP) is 3.75. The van der Waals surface area contributed by atoms with Crippen molar-refractivity contribution in [1.82, 2.24) is 0 Å². The van der Waals surface area contributed by atoms with Crippen LogP contribution in [-0.2, 0) is 10.0 Å². The molecule has 1 N–H and O–H groups in total. The molecule has 2 rings (SSSR count). The van der Waals surface area contributed by atoms with Crippen LogP contribution in [0.4, 0.5) is 10.1 Å². The van der Waals surface area contributed by atoms with Gasteiger partial charge in [-0.3, -0.25) is 9.52 Å². The molecular formula is C16H13ClFNO3S. The number of ketones is 1. The smallest absolute Gasteiger partial charge is 0.229 e. The Labute approximate surface area is 138 Å². The van der Waals surface area contributed by atoms with Crippen LogP contribution in [0.5, 0.6) is 0 Å². The Morgan fingerprint density at radius 1 is 1.17 bits per heavy atom. The van der Waals surface area contributed by atoms with Crippen molar-refractivity contribution >= 4 is 39.2 Å². The molecule has 4 nitrogen and oxygen atoms in total. The highest BCUT2D eigenvalue weighted by atomic mass is 35.5. The van der Waals surface area contributed by atoms with Gasteiger partial charge in [-0.05, 0) is 48.6 Å². The standard InChI is InChI=1S/C16H13ClFNO3S/c1-23(21,22)19-12-7-5-11(6-8-12)16(20)10-9-13-14(17)3-2-4-15(13)18/h2-10,19H,1H3/b10-9+. The largest absolute Gasteiger partial charge is 0.289 e. The number of anilines is 1. The van der Waals surface area contributed by atoms with Crippen molar-refractivity contribution in [3.8, 4) is 0 Å². The van der Waals surface area contributed by atoms with Gasteiger partial charge in [-0.25, -0.2) is 12.8 Å². The van der Waals surface area contributed by atoms with E-state index in [1.54, 1.807) is 0 Å². The molecule has 2 aromatic carbocycles. The highest BCUT2D eigenvalue weighted by Gasteiger charge is 2.07. The first-order valence-corrected chi connectivity index (χ1v) is 8.77. The molecule has 0 atom stereocenters. The second-order valence-corrected chi connectivity index (χ2v) is 6.94. The fourth-order valence-electron chi connectivity index (χ4n) is 1.84. The van der Waals surface area contributed by atoms with Gasteiger partial charge >= 0.3 is 0 Å². The van der Waals surface area contributed by atoms with Crippen LogP contribution in [0.15, 0.2) is 48.5 Å². The van der Waals surface area contributed by atoms with Gasteiger partial charge in [0.1, 0.15) is 5.82 Å². The Morgan fingerprint density at radius 3 is 2.39 bits per heavy atom. The number of rotatable bonds is 5. The topological polar surface area (TPSA) is 63.2 Å². The number of hydrogen-bond acceptors (Lipinski definition) is 3. The van der Waals surface area contributed by atoms with Crippen molar-refractivity contribution in [2.24, 2.45) is 0 Å². The molecule has 0 saturated carbocycles. The highest BCUT2D eigenvalue weighted by Crippen LogP contribution is 2.20. The molecule has 120 valence electrons. The van der Waals surface area contributed by atoms with Crippen LogP contribution in [0.2, 0.25) is 5.02 Å². The number of hydrogen-bond donors (Lipinski definition) is 1. The molecule has 0 aliphatic carbocycles. The zero-order chi connectivity index (χ0) is 17.0. The van der Waals surface area contributed by atoms with Gasteiger partial charge in [0.15, 0.2) is 5.78 Å². The summed E-state index contributed by atoms with van der Waals surface area (Å²) in [5.41, 5.74) is 0.829. The van der Waals surface area contributed by atoms with E-state index >= 15 is 0 Å². The lowest BCUT2D eigenvalue weighted by atomic mass is 10.1. The summed E-state index contributed by atoms with van der Waals surface area (Å²) in [6.45, 7) is 0. The Hall–Kier alpha value is -2.18. The molecule has 0 unspecified atom stereocenters. The minimum Gasteiger partial charge on any atom is -0.289 e. The van der Waals surface area contributed by atoms with Gasteiger partial charge in [-0.1, -0.05) is 17.7 Å². The minimum atomic E-state index is -3.37. The van der Waals surface area contributed by atoms with Crippen LogP contribution in [0.25, 0.3) is 6.08 Å². The fraction of sp³-hybridized carbons (Fsp3) is 0.0625. The Kier molecular flexibility index (Phi) is 5.18. The van der Waals surface area contributed by atoms with E-state index in [0.29, 0.717) is 11.3 Å². The van der Waals surface area contributed by atoms with Crippen molar-refractivity contribution in [2.45, 2.75) is 0 Å². The maximum Gasteiger partial charge on any atom is 0.229 e. The molecule has 23 heavy (non-hydrogen) atoms. The maximum absolute atomic E-state index is 13.6. The second kappa shape index (κ2) is 6.93. The first kappa shape index (κ1) is 17.2. The molecule has 0 aromatic heterocycles. The molecule has 0 heterocycles. The van der Waals surface area contributed by atoms with Crippen molar-refractivity contribution in [2.75, 3.05) is 11.0 Å². The van der Waals surface area contributed by atoms with Crippen LogP contribution in [-0.4, -0.2) is 20.5 Å². The number of nitrogens with one attached hydrogen (secondary N) is 1. The summed E-state index contributed by atoms with van der Waals surface area (Å²) in [5, 5.41) is 0.210. The van der Waals surface area contributed by atoms with Crippen LogP contribution in [0, 0.1) is 5.82 Å². The number of sulfonamides is 1. The second-order valence-electron chi connectivity index (χ2n) is 4.78. The van der Waals surface area contributed by atoms with E-state index in [4.69, 9.17) is 11.6 Å². The molecule has 0 saturated heterocycles. The molecule has 0 amide bonds. The molecular weight excluding hydrogens is 341 g/mol. The quantitative estimate of drug-likeness (QED) is 0.657. The van der Waals surface area contributed by atoms with E-state index in [-0.39, 0.29) is 16.4 Å². The zero-order valence-electron chi connectivity index (χ0n) is 12.1. The Bertz CT molecular complexity index is 841. The van der Waals surface area contributed by atoms with Gasteiger partial charge in [0.2, 0.25) is 10.0 Å². The minimum absolute atomic E-state index is 0.137. The summed E-state index contributed by atoms with van der Waals surface area (Å²) in [5.74, 6) is -0.871. The summed E-state index contributed by atoms with van der Waals surface area (Å²) in [6.07, 6.45) is 3.55. The van der Waals surface area contributed by atoms with Gasteiger partial charge in [0.25, 0.3) is 0 Å². The Morgan fingerprint density at radius 2 is 1.83 bits per heavy atom. The van der Waals surface area contributed by atoms with Crippen LogP contribution >= 0.6 is 11.6 Å². The van der Waals surface area contributed by atoms with E-state index in [9.17, 15) is 17.6 Å². The maximum atomic E-state index is 13.6. The summed E-state index contributed by atoms with van der Waals surface area (Å²) >= 11 is 5.87. The number of allylic oxidation sites excluding steroid dienone is 1. The lowest BCUT2D eigenvalue weighted by molar-refractivity contribution is 0.104. The van der Waals surface area contributed by atoms with Crippen molar-refractivity contribution in [1.29, 1.82) is 0 Å². The van der Waals surface area contributed by atoms with Crippen LogP contribution in [0.3, 0.4) is 0 Å². The molecule has 0 aliphatic heterocycles. The van der Waals surface area contributed by atoms with Crippen molar-refractivity contribution in [3.05, 3.63) is 70.5 Å². The third kappa shape index (κ3) is 4.91. The van der Waals surface area contributed by atoms with E-state index in [1.807, 2.05) is 0 Å². The predicted molar refractivity (Wildman–Crippen MR) is 89.7 cm³/mol. The number of benzene rings is 2. The zero-order valence-corrected chi connectivity index (χ0v) is 13.7. The summed E-state index contributed by atoms with van der Waals surface area (Å²) in [7, 11) is -3.37. The Balaban J connectivity index is 2.16. The first-order valence-electron chi connectivity index (χ1n) is 6.50. The lowest BCUT2D eigenvalue weighted by Gasteiger charge is -2.04. The third-order valence-corrected chi connectivity index (χ3v) is 3.81. The van der Waals surface area contributed by atoms with Gasteiger partial charge in [-0.2, -0.15) is 0 Å². The monoisotopic (exact) mass is 353 g/mol. The molecule has 0 aliphatic rings. The SMILES string of the molecule is CS(=O)(=O)Nc1ccc(C(=O)/C=C/c2c(F)cccc2Cl)cc1. The van der Waals surface area contributed by atoms with Gasteiger partial charge in [0, 0.05) is 16.8 Å². The lowest BCUT2D eigenvalue weighted by Crippen LogP contribution is -2.09. The number of carbonyl (C=O) groups is 1. The van der Waals surface area contributed by atoms with Gasteiger partial charge in [-0.15, -0.1) is 0 Å². The van der Waals surface area contributed by atoms with Crippen LogP contribution in [0.1, 0.15) is 15.9 Å². The van der Waals surface area contributed by atoms with Gasteiger partial charge in [0.05, 0.1) is 11.3 Å². The fourth-order valence-corrected chi connectivity index (χ4v) is 2.63. The average molecular weight is 354 g/mol. The van der Waals surface area contributed by atoms with E-state index in [0.717, 1.165) is 6.26 Å². The van der Waals surface area contributed by atoms with E-state index < -0.39 is 15.8 Å². The van der Waals surface area contributed by atoms with Gasteiger partial charge < -0.3 is 0 Å². The summed E-state index contributed by atoms with van der Waals surface area (Å²) in [4.78, 5) is 12.0. The number of halogens is 2. The molecule has 2 aromatic rings. The highest BCUT2D eigenvalue weighted by molar-refractivity contribution is 7.92. The van der Waals surface area contributed by atoms with Crippen molar-refractivity contribution < 1.29 is 17.6 Å². The molecule has 0 bridgehead atoms. The molecule has 0 fully saturated rings. The molecule has 0 radical (unpaired) electrons. The first-order chi connectivity index (χ1) is 10.8. The van der Waals surface area contributed by atoms with E-state index in [2.05, 4.69) is 4.72 Å². The van der Waals surface area contributed by atoms with Crippen LogP contribution < -0.4 is 4.72 Å². The third-order valence-electron chi connectivity index (χ3n) is 2.87. The molecule has 0 spiro atoms. The van der Waals surface area contributed by atoms with Crippen molar-refractivity contribution in [3.63, 3.8) is 0 Å². The molecule has 7 heteroatoms. The summed E-state index contributed by atoms with van der Waals surface area (Å²) < 4.78 is 38.1. The average Bonchev–Trinajstić information content (AvgIpc) is 2.45. The van der Waals surface area contributed by atoms with E-state index in [1.165, 1.54) is 54.6 Å². The number of carbonyl (C=O) groups excluding carboxylic acids is 1. The summed E-state index contributed by atoms with van der Waals surface area (Å²) in [6, 6.07) is 10.1. The normalized spacial score (nSPS) is 11.6.